The van der Waals surface area contributed by atoms with Crippen LogP contribution >= 0.6 is 0 Å². The van der Waals surface area contributed by atoms with E-state index in [9.17, 15) is 9.90 Å². The Morgan fingerprint density at radius 1 is 1.19 bits per heavy atom. The van der Waals surface area contributed by atoms with E-state index in [1.54, 1.807) is 12.1 Å². The fourth-order valence-corrected chi connectivity index (χ4v) is 2.63. The lowest BCUT2D eigenvalue weighted by Crippen LogP contribution is -2.44. The van der Waals surface area contributed by atoms with Crippen LogP contribution in [-0.2, 0) is 6.42 Å². The lowest BCUT2D eigenvalue weighted by molar-refractivity contribution is 0.111. The molecule has 0 unspecified atom stereocenters. The number of unbranched alkanes of at least 4 members (excludes halogenated alkanes) is 2. The summed E-state index contributed by atoms with van der Waals surface area (Å²) in [5.74, 6) is -0.0381. The zero-order valence-corrected chi connectivity index (χ0v) is 12.8. The number of pyridine rings is 1. The maximum absolute atomic E-state index is 10.7. The SMILES string of the molecule is CN1CCN(CCCCCc2ccc(O)c(C=O)n2)CC1. The van der Waals surface area contributed by atoms with Crippen LogP contribution in [0.25, 0.3) is 0 Å². The van der Waals surface area contributed by atoms with Crippen molar-refractivity contribution in [3.05, 3.63) is 23.5 Å². The number of hydrogen-bond acceptors (Lipinski definition) is 5. The molecule has 0 amide bonds. The minimum atomic E-state index is -0.0381. The number of carbonyl (C=O) groups is 1. The first-order valence-corrected chi connectivity index (χ1v) is 7.74. The van der Waals surface area contributed by atoms with E-state index in [1.807, 2.05) is 0 Å². The summed E-state index contributed by atoms with van der Waals surface area (Å²) < 4.78 is 0. The maximum atomic E-state index is 10.7. The van der Waals surface area contributed by atoms with Gasteiger partial charge in [0.1, 0.15) is 11.4 Å². The van der Waals surface area contributed by atoms with E-state index < -0.39 is 0 Å². The second-order valence-corrected chi connectivity index (χ2v) is 5.78. The van der Waals surface area contributed by atoms with E-state index in [4.69, 9.17) is 0 Å². The van der Waals surface area contributed by atoms with Gasteiger partial charge in [0.2, 0.25) is 0 Å². The number of aldehydes is 1. The Balaban J connectivity index is 1.62. The van der Waals surface area contributed by atoms with Crippen molar-refractivity contribution >= 4 is 6.29 Å². The first kappa shape index (κ1) is 15.9. The zero-order valence-electron chi connectivity index (χ0n) is 12.8. The molecule has 1 saturated heterocycles. The fraction of sp³-hybridized carbons (Fsp3) is 0.625. The molecule has 2 rings (SSSR count). The average Bonchev–Trinajstić information content (AvgIpc) is 2.50. The fourth-order valence-electron chi connectivity index (χ4n) is 2.63. The number of carbonyl (C=O) groups excluding carboxylic acids is 1. The van der Waals surface area contributed by atoms with Crippen LogP contribution in [0, 0.1) is 0 Å². The molecule has 0 atom stereocenters. The number of nitrogens with zero attached hydrogens (tertiary/aromatic N) is 3. The van der Waals surface area contributed by atoms with Crippen LogP contribution < -0.4 is 0 Å². The molecule has 1 aliphatic heterocycles. The smallest absolute Gasteiger partial charge is 0.172 e. The summed E-state index contributed by atoms with van der Waals surface area (Å²) in [6.45, 7) is 5.88. The molecule has 21 heavy (non-hydrogen) atoms. The quantitative estimate of drug-likeness (QED) is 0.610. The van der Waals surface area contributed by atoms with Gasteiger partial charge in [-0.1, -0.05) is 6.42 Å². The minimum absolute atomic E-state index is 0.0381. The highest BCUT2D eigenvalue weighted by Crippen LogP contribution is 2.14. The molecule has 0 aliphatic carbocycles. The highest BCUT2D eigenvalue weighted by molar-refractivity contribution is 5.75. The van der Waals surface area contributed by atoms with E-state index in [-0.39, 0.29) is 11.4 Å². The van der Waals surface area contributed by atoms with Crippen LogP contribution in [0.2, 0.25) is 0 Å². The number of aryl methyl sites for hydroxylation is 1. The highest BCUT2D eigenvalue weighted by atomic mass is 16.3. The van der Waals surface area contributed by atoms with Crippen LogP contribution in [0.4, 0.5) is 0 Å². The highest BCUT2D eigenvalue weighted by Gasteiger charge is 2.12. The number of rotatable bonds is 7. The van der Waals surface area contributed by atoms with Crippen molar-refractivity contribution in [3.63, 3.8) is 0 Å². The van der Waals surface area contributed by atoms with Crippen LogP contribution in [0.5, 0.6) is 5.75 Å². The molecular formula is C16H25N3O2. The normalized spacial score (nSPS) is 17.0. The lowest BCUT2D eigenvalue weighted by Gasteiger charge is -2.32. The molecule has 0 saturated carbocycles. The molecule has 116 valence electrons. The number of hydrogen-bond donors (Lipinski definition) is 1. The number of likely N-dealkylation sites (N-methyl/N-ethyl adjacent to an activating group) is 1. The molecule has 1 aromatic rings. The topological polar surface area (TPSA) is 56.7 Å². The van der Waals surface area contributed by atoms with Gasteiger partial charge in [-0.25, -0.2) is 4.98 Å². The van der Waals surface area contributed by atoms with Gasteiger partial charge in [0.25, 0.3) is 0 Å². The summed E-state index contributed by atoms with van der Waals surface area (Å²) in [5.41, 5.74) is 1.03. The average molecular weight is 291 g/mol. The van der Waals surface area contributed by atoms with Crippen molar-refractivity contribution < 1.29 is 9.90 Å². The molecular weight excluding hydrogens is 266 g/mol. The Labute approximate surface area is 126 Å². The first-order valence-electron chi connectivity index (χ1n) is 7.74. The Bertz CT molecular complexity index is 457. The molecule has 0 aromatic carbocycles. The van der Waals surface area contributed by atoms with E-state index in [2.05, 4.69) is 21.8 Å². The summed E-state index contributed by atoms with van der Waals surface area (Å²) in [7, 11) is 2.18. The lowest BCUT2D eigenvalue weighted by atomic mass is 10.1. The van der Waals surface area contributed by atoms with Gasteiger partial charge in [0.15, 0.2) is 6.29 Å². The molecule has 2 heterocycles. The maximum Gasteiger partial charge on any atom is 0.172 e. The van der Waals surface area contributed by atoms with Crippen LogP contribution in [0.3, 0.4) is 0 Å². The summed E-state index contributed by atoms with van der Waals surface area (Å²) >= 11 is 0. The summed E-state index contributed by atoms with van der Waals surface area (Å²) in [6, 6.07) is 3.35. The van der Waals surface area contributed by atoms with E-state index in [0.29, 0.717) is 6.29 Å². The molecule has 0 spiro atoms. The Morgan fingerprint density at radius 2 is 1.95 bits per heavy atom. The number of piperazine rings is 1. The van der Waals surface area contributed by atoms with Crippen molar-refractivity contribution in [2.75, 3.05) is 39.8 Å². The Morgan fingerprint density at radius 3 is 2.67 bits per heavy atom. The summed E-state index contributed by atoms with van der Waals surface area (Å²) in [4.78, 5) is 19.8. The van der Waals surface area contributed by atoms with Crippen molar-refractivity contribution in [1.29, 1.82) is 0 Å². The van der Waals surface area contributed by atoms with Gasteiger partial charge in [-0.2, -0.15) is 0 Å². The number of aromatic hydroxyl groups is 1. The third-order valence-corrected chi connectivity index (χ3v) is 4.07. The summed E-state index contributed by atoms with van der Waals surface area (Å²) in [5, 5.41) is 9.40. The van der Waals surface area contributed by atoms with Gasteiger partial charge in [-0.15, -0.1) is 0 Å². The van der Waals surface area contributed by atoms with Gasteiger partial charge >= 0.3 is 0 Å². The standard InChI is InChI=1S/C16H25N3O2/c1-18-9-11-19(12-10-18)8-4-2-3-5-14-6-7-16(21)15(13-20)17-14/h6-7,13,21H,2-5,8-12H2,1H3. The van der Waals surface area contributed by atoms with Crippen LogP contribution in [-0.4, -0.2) is 65.9 Å². The molecule has 0 bridgehead atoms. The molecule has 5 nitrogen and oxygen atoms in total. The zero-order chi connectivity index (χ0) is 15.1. The predicted octanol–water partition coefficient (Wildman–Crippen LogP) is 1.56. The molecule has 0 radical (unpaired) electrons. The summed E-state index contributed by atoms with van der Waals surface area (Å²) in [6.07, 6.45) is 4.92. The Hall–Kier alpha value is -1.46. The van der Waals surface area contributed by atoms with Crippen LogP contribution in [0.1, 0.15) is 35.4 Å². The van der Waals surface area contributed by atoms with Crippen molar-refractivity contribution in [2.45, 2.75) is 25.7 Å². The first-order chi connectivity index (χ1) is 10.2. The van der Waals surface area contributed by atoms with Gasteiger partial charge in [-0.3, -0.25) is 4.79 Å². The van der Waals surface area contributed by atoms with E-state index in [1.165, 1.54) is 45.6 Å². The van der Waals surface area contributed by atoms with Gasteiger partial charge in [0.05, 0.1) is 0 Å². The van der Waals surface area contributed by atoms with Crippen molar-refractivity contribution in [1.82, 2.24) is 14.8 Å². The van der Waals surface area contributed by atoms with Gasteiger partial charge in [-0.05, 0) is 45.0 Å². The van der Waals surface area contributed by atoms with Crippen molar-refractivity contribution in [2.24, 2.45) is 0 Å². The molecule has 1 fully saturated rings. The third kappa shape index (κ3) is 5.10. The minimum Gasteiger partial charge on any atom is -0.506 e. The van der Waals surface area contributed by atoms with E-state index >= 15 is 0 Å². The molecule has 1 aliphatic rings. The molecule has 5 heteroatoms. The second-order valence-electron chi connectivity index (χ2n) is 5.78. The second kappa shape index (κ2) is 8.10. The largest absolute Gasteiger partial charge is 0.506 e. The monoisotopic (exact) mass is 291 g/mol. The van der Waals surface area contributed by atoms with Gasteiger partial charge in [0, 0.05) is 31.9 Å². The predicted molar refractivity (Wildman–Crippen MR) is 82.8 cm³/mol. The molecule has 1 N–H and O–H groups in total. The Kier molecular flexibility index (Phi) is 6.14. The molecule has 1 aromatic heterocycles. The van der Waals surface area contributed by atoms with Crippen LogP contribution in [0.15, 0.2) is 12.1 Å². The van der Waals surface area contributed by atoms with Gasteiger partial charge < -0.3 is 14.9 Å². The number of aromatic nitrogens is 1. The van der Waals surface area contributed by atoms with Crippen molar-refractivity contribution in [3.8, 4) is 5.75 Å². The van der Waals surface area contributed by atoms with E-state index in [0.717, 1.165) is 18.5 Å². The third-order valence-electron chi connectivity index (χ3n) is 4.07.